The van der Waals surface area contributed by atoms with Crippen molar-refractivity contribution in [3.8, 4) is 0 Å². The number of rotatable bonds is 4. The fourth-order valence-corrected chi connectivity index (χ4v) is 1.68. The largest absolute Gasteiger partial charge is 0.379 e. The van der Waals surface area contributed by atoms with Crippen LogP contribution in [-0.2, 0) is 22.0 Å². The van der Waals surface area contributed by atoms with Crippen LogP contribution in [0.5, 0.6) is 0 Å². The fourth-order valence-electron chi connectivity index (χ4n) is 1.53. The van der Waals surface area contributed by atoms with E-state index in [1.165, 1.54) is 0 Å². The molecular formula is C11H14ClNO2. The van der Waals surface area contributed by atoms with E-state index in [-0.39, 0.29) is 6.10 Å². The van der Waals surface area contributed by atoms with Crippen molar-refractivity contribution in [3.05, 3.63) is 29.6 Å². The smallest absolute Gasteiger partial charge is 0.0892 e. The average molecular weight is 228 g/mol. The Kier molecular flexibility index (Phi) is 3.94. The van der Waals surface area contributed by atoms with Crippen LogP contribution in [0.15, 0.2) is 18.2 Å². The maximum Gasteiger partial charge on any atom is 0.0892 e. The van der Waals surface area contributed by atoms with Gasteiger partial charge in [0, 0.05) is 6.61 Å². The van der Waals surface area contributed by atoms with Crippen LogP contribution < -0.4 is 0 Å². The molecule has 3 nitrogen and oxygen atoms in total. The average Bonchev–Trinajstić information content (AvgIpc) is 2.79. The molecule has 0 N–H and O–H groups in total. The Hall–Kier alpha value is -0.640. The first-order chi connectivity index (χ1) is 7.38. The second kappa shape index (κ2) is 5.45. The summed E-state index contributed by atoms with van der Waals surface area (Å²) in [6, 6.07) is 5.82. The van der Waals surface area contributed by atoms with E-state index < -0.39 is 0 Å². The number of nitrogens with zero attached hydrogens (tertiary/aromatic N) is 1. The van der Waals surface area contributed by atoms with Crippen LogP contribution in [0, 0.1) is 0 Å². The summed E-state index contributed by atoms with van der Waals surface area (Å²) in [7, 11) is 0. The molecule has 0 bridgehead atoms. The van der Waals surface area contributed by atoms with Gasteiger partial charge in [0.05, 0.1) is 36.6 Å². The standard InChI is InChI=1S/C11H14ClNO2/c12-6-9-2-1-3-10(13-9)7-15-11-4-5-14-8-11/h1-3,11H,4-8H2/t11-/m0/s1. The number of aromatic nitrogens is 1. The van der Waals surface area contributed by atoms with Gasteiger partial charge in [0.1, 0.15) is 0 Å². The van der Waals surface area contributed by atoms with Crippen LogP contribution >= 0.6 is 11.6 Å². The van der Waals surface area contributed by atoms with Crippen LogP contribution in [0.2, 0.25) is 0 Å². The Labute approximate surface area is 94.4 Å². The summed E-state index contributed by atoms with van der Waals surface area (Å²) in [6.45, 7) is 2.05. The van der Waals surface area contributed by atoms with Crippen molar-refractivity contribution in [2.45, 2.75) is 25.0 Å². The predicted molar refractivity (Wildman–Crippen MR) is 57.8 cm³/mol. The Morgan fingerprint density at radius 2 is 2.33 bits per heavy atom. The number of pyridine rings is 1. The highest BCUT2D eigenvalue weighted by Gasteiger charge is 2.15. The zero-order valence-corrected chi connectivity index (χ0v) is 9.24. The molecule has 1 saturated heterocycles. The molecule has 15 heavy (non-hydrogen) atoms. The van der Waals surface area contributed by atoms with Crippen molar-refractivity contribution in [2.75, 3.05) is 13.2 Å². The molecule has 0 unspecified atom stereocenters. The predicted octanol–water partition coefficient (Wildman–Crippen LogP) is 2.13. The molecule has 0 spiro atoms. The van der Waals surface area contributed by atoms with Crippen LogP contribution in [0.1, 0.15) is 17.8 Å². The van der Waals surface area contributed by atoms with Gasteiger partial charge >= 0.3 is 0 Å². The Bertz CT molecular complexity index is 313. The van der Waals surface area contributed by atoms with E-state index in [1.807, 2.05) is 18.2 Å². The number of hydrogen-bond donors (Lipinski definition) is 0. The van der Waals surface area contributed by atoms with Gasteiger partial charge in [-0.15, -0.1) is 11.6 Å². The van der Waals surface area contributed by atoms with Crippen molar-refractivity contribution in [1.29, 1.82) is 0 Å². The van der Waals surface area contributed by atoms with E-state index in [2.05, 4.69) is 4.98 Å². The lowest BCUT2D eigenvalue weighted by atomic mass is 10.3. The monoisotopic (exact) mass is 227 g/mol. The van der Waals surface area contributed by atoms with Crippen molar-refractivity contribution >= 4 is 11.6 Å². The van der Waals surface area contributed by atoms with Crippen molar-refractivity contribution < 1.29 is 9.47 Å². The second-order valence-corrected chi connectivity index (χ2v) is 3.82. The summed E-state index contributed by atoms with van der Waals surface area (Å²) >= 11 is 5.70. The summed E-state index contributed by atoms with van der Waals surface area (Å²) in [5.74, 6) is 0.445. The molecule has 2 heterocycles. The lowest BCUT2D eigenvalue weighted by Gasteiger charge is -2.09. The third-order valence-electron chi connectivity index (χ3n) is 2.36. The highest BCUT2D eigenvalue weighted by molar-refractivity contribution is 6.16. The molecule has 1 aliphatic rings. The highest BCUT2D eigenvalue weighted by Crippen LogP contribution is 2.11. The van der Waals surface area contributed by atoms with Crippen LogP contribution in [0.3, 0.4) is 0 Å². The van der Waals surface area contributed by atoms with Crippen LogP contribution in [-0.4, -0.2) is 24.3 Å². The molecule has 1 aliphatic heterocycles. The zero-order valence-electron chi connectivity index (χ0n) is 8.49. The molecule has 82 valence electrons. The van der Waals surface area contributed by atoms with Gasteiger partial charge in [0.25, 0.3) is 0 Å². The van der Waals surface area contributed by atoms with Gasteiger partial charge in [0.2, 0.25) is 0 Å². The first-order valence-corrected chi connectivity index (χ1v) is 5.62. The Morgan fingerprint density at radius 3 is 3.07 bits per heavy atom. The molecule has 0 amide bonds. The first-order valence-electron chi connectivity index (χ1n) is 5.08. The van der Waals surface area contributed by atoms with Crippen molar-refractivity contribution in [1.82, 2.24) is 4.98 Å². The Morgan fingerprint density at radius 1 is 1.47 bits per heavy atom. The Balaban J connectivity index is 1.86. The second-order valence-electron chi connectivity index (χ2n) is 3.55. The molecule has 2 rings (SSSR count). The number of hydrogen-bond acceptors (Lipinski definition) is 3. The highest BCUT2D eigenvalue weighted by atomic mass is 35.5. The van der Waals surface area contributed by atoms with Gasteiger partial charge in [-0.1, -0.05) is 6.07 Å². The number of halogens is 1. The zero-order chi connectivity index (χ0) is 10.5. The summed E-state index contributed by atoms with van der Waals surface area (Å²) in [6.07, 6.45) is 1.21. The summed E-state index contributed by atoms with van der Waals surface area (Å²) in [5, 5.41) is 0. The minimum Gasteiger partial charge on any atom is -0.379 e. The van der Waals surface area contributed by atoms with Gasteiger partial charge in [0.15, 0.2) is 0 Å². The fraction of sp³-hybridized carbons (Fsp3) is 0.545. The van der Waals surface area contributed by atoms with E-state index in [0.717, 1.165) is 24.4 Å². The van der Waals surface area contributed by atoms with Crippen molar-refractivity contribution in [3.63, 3.8) is 0 Å². The van der Waals surface area contributed by atoms with Crippen LogP contribution in [0.25, 0.3) is 0 Å². The normalized spacial score (nSPS) is 20.7. The molecule has 0 aliphatic carbocycles. The topological polar surface area (TPSA) is 31.4 Å². The summed E-state index contributed by atoms with van der Waals surface area (Å²) in [4.78, 5) is 4.35. The molecule has 0 radical (unpaired) electrons. The third kappa shape index (κ3) is 3.16. The third-order valence-corrected chi connectivity index (χ3v) is 2.63. The molecule has 4 heteroatoms. The van der Waals surface area contributed by atoms with E-state index in [4.69, 9.17) is 21.1 Å². The molecule has 1 atom stereocenters. The minimum atomic E-state index is 0.228. The summed E-state index contributed by atoms with van der Waals surface area (Å²) < 4.78 is 10.9. The molecule has 0 saturated carbocycles. The SMILES string of the molecule is ClCc1cccc(CO[C@H]2CCOC2)n1. The molecular weight excluding hydrogens is 214 g/mol. The molecule has 1 aromatic heterocycles. The lowest BCUT2D eigenvalue weighted by molar-refractivity contribution is 0.0301. The van der Waals surface area contributed by atoms with Gasteiger partial charge < -0.3 is 9.47 Å². The molecule has 1 aromatic rings. The van der Waals surface area contributed by atoms with E-state index in [1.54, 1.807) is 0 Å². The van der Waals surface area contributed by atoms with Crippen molar-refractivity contribution in [2.24, 2.45) is 0 Å². The number of alkyl halides is 1. The van der Waals surface area contributed by atoms with Gasteiger partial charge in [-0.3, -0.25) is 4.98 Å². The number of ether oxygens (including phenoxy) is 2. The quantitative estimate of drug-likeness (QED) is 0.739. The van der Waals surface area contributed by atoms with E-state index in [0.29, 0.717) is 19.1 Å². The molecule has 0 aromatic carbocycles. The van der Waals surface area contributed by atoms with E-state index in [9.17, 15) is 0 Å². The van der Waals surface area contributed by atoms with Gasteiger partial charge in [-0.2, -0.15) is 0 Å². The molecule has 1 fully saturated rings. The van der Waals surface area contributed by atoms with Crippen LogP contribution in [0.4, 0.5) is 0 Å². The van der Waals surface area contributed by atoms with E-state index >= 15 is 0 Å². The maximum atomic E-state index is 5.70. The van der Waals surface area contributed by atoms with Gasteiger partial charge in [-0.25, -0.2) is 0 Å². The first kappa shape index (κ1) is 10.9. The van der Waals surface area contributed by atoms with Gasteiger partial charge in [-0.05, 0) is 18.6 Å². The maximum absolute atomic E-state index is 5.70. The minimum absolute atomic E-state index is 0.228. The lowest BCUT2D eigenvalue weighted by Crippen LogP contribution is -2.12. The summed E-state index contributed by atoms with van der Waals surface area (Å²) in [5.41, 5.74) is 1.82.